The highest BCUT2D eigenvalue weighted by atomic mass is 19.1. The molecule has 0 saturated carbocycles. The molecule has 4 rings (SSSR count). The van der Waals surface area contributed by atoms with Gasteiger partial charge in [-0.25, -0.2) is 4.39 Å². The number of halogens is 1. The van der Waals surface area contributed by atoms with Gasteiger partial charge in [0.25, 0.3) is 11.8 Å². The molecule has 6 heteroatoms. The van der Waals surface area contributed by atoms with Crippen molar-refractivity contribution in [1.29, 1.82) is 0 Å². The third-order valence-corrected chi connectivity index (χ3v) is 5.17. The second-order valence-electron chi connectivity index (χ2n) is 7.13. The van der Waals surface area contributed by atoms with Crippen molar-refractivity contribution in [2.75, 3.05) is 36.4 Å². The largest absolute Gasteiger partial charge is 0.366 e. The minimum atomic E-state index is -0.449. The van der Waals surface area contributed by atoms with Crippen molar-refractivity contribution in [2.45, 2.75) is 0 Å². The number of rotatable bonds is 4. The van der Waals surface area contributed by atoms with Crippen LogP contribution in [-0.2, 0) is 0 Å². The van der Waals surface area contributed by atoms with Gasteiger partial charge >= 0.3 is 0 Å². The van der Waals surface area contributed by atoms with Gasteiger partial charge in [-0.05, 0) is 42.5 Å². The Labute approximate surface area is 174 Å². The highest BCUT2D eigenvalue weighted by molar-refractivity contribution is 6.06. The normalized spacial score (nSPS) is 13.8. The van der Waals surface area contributed by atoms with E-state index in [1.165, 1.54) is 18.2 Å². The summed E-state index contributed by atoms with van der Waals surface area (Å²) in [6.45, 7) is 2.51. The summed E-state index contributed by atoms with van der Waals surface area (Å²) in [5, 5.41) is 2.88. The van der Waals surface area contributed by atoms with Crippen molar-refractivity contribution < 1.29 is 14.0 Å². The molecule has 1 saturated heterocycles. The summed E-state index contributed by atoms with van der Waals surface area (Å²) in [5.41, 5.74) is 2.50. The minimum Gasteiger partial charge on any atom is -0.366 e. The fourth-order valence-corrected chi connectivity index (χ4v) is 3.59. The molecule has 152 valence electrons. The molecule has 5 nitrogen and oxygen atoms in total. The summed E-state index contributed by atoms with van der Waals surface area (Å²) in [5.74, 6) is -0.780. The van der Waals surface area contributed by atoms with E-state index in [1.54, 1.807) is 6.07 Å². The van der Waals surface area contributed by atoms with Gasteiger partial charge in [0.15, 0.2) is 0 Å². The fraction of sp³-hybridized carbons (Fsp3) is 0.167. The molecule has 0 atom stereocenters. The smallest absolute Gasteiger partial charge is 0.255 e. The first-order valence-electron chi connectivity index (χ1n) is 9.87. The predicted molar refractivity (Wildman–Crippen MR) is 115 cm³/mol. The Kier molecular flexibility index (Phi) is 5.75. The molecule has 1 heterocycles. The van der Waals surface area contributed by atoms with Gasteiger partial charge in [-0.1, -0.05) is 36.4 Å². The lowest BCUT2D eigenvalue weighted by Crippen LogP contribution is -2.49. The molecule has 0 radical (unpaired) electrons. The monoisotopic (exact) mass is 403 g/mol. The molecule has 0 aromatic heterocycles. The van der Waals surface area contributed by atoms with E-state index in [0.29, 0.717) is 37.4 Å². The van der Waals surface area contributed by atoms with Crippen LogP contribution in [0.1, 0.15) is 20.7 Å². The Balaban J connectivity index is 1.44. The lowest BCUT2D eigenvalue weighted by atomic mass is 10.1. The van der Waals surface area contributed by atoms with Crippen LogP contribution in [0.15, 0.2) is 78.9 Å². The SMILES string of the molecule is O=C(Nc1ccccc1N1CCN(C(=O)c2ccccc2)CC1)c1cccc(F)c1. The lowest BCUT2D eigenvalue weighted by molar-refractivity contribution is 0.0746. The quantitative estimate of drug-likeness (QED) is 0.715. The number of benzene rings is 3. The van der Waals surface area contributed by atoms with Gasteiger partial charge in [0.1, 0.15) is 5.82 Å². The van der Waals surface area contributed by atoms with E-state index >= 15 is 0 Å². The Bertz CT molecular complexity index is 1050. The van der Waals surface area contributed by atoms with Crippen molar-refractivity contribution in [1.82, 2.24) is 4.90 Å². The van der Waals surface area contributed by atoms with Gasteiger partial charge in [0, 0.05) is 37.3 Å². The van der Waals surface area contributed by atoms with Gasteiger partial charge < -0.3 is 15.1 Å². The molecule has 0 spiro atoms. The third-order valence-electron chi connectivity index (χ3n) is 5.17. The number of hydrogen-bond acceptors (Lipinski definition) is 3. The van der Waals surface area contributed by atoms with E-state index in [4.69, 9.17) is 0 Å². The molecule has 1 fully saturated rings. The number of anilines is 2. The maximum atomic E-state index is 13.4. The second-order valence-corrected chi connectivity index (χ2v) is 7.13. The lowest BCUT2D eigenvalue weighted by Gasteiger charge is -2.37. The van der Waals surface area contributed by atoms with Crippen LogP contribution in [-0.4, -0.2) is 42.9 Å². The predicted octanol–water partition coefficient (Wildman–Crippen LogP) is 4.04. The number of para-hydroxylation sites is 2. The van der Waals surface area contributed by atoms with Crippen molar-refractivity contribution >= 4 is 23.2 Å². The Morgan fingerprint density at radius 3 is 2.17 bits per heavy atom. The van der Waals surface area contributed by atoms with Crippen LogP contribution in [0.3, 0.4) is 0 Å². The number of piperazine rings is 1. The summed E-state index contributed by atoms with van der Waals surface area (Å²) in [7, 11) is 0. The van der Waals surface area contributed by atoms with Gasteiger partial charge in [0.2, 0.25) is 0 Å². The zero-order chi connectivity index (χ0) is 20.9. The molecule has 0 bridgehead atoms. The molecule has 1 aliphatic rings. The zero-order valence-corrected chi connectivity index (χ0v) is 16.4. The second kappa shape index (κ2) is 8.78. The first-order chi connectivity index (χ1) is 14.6. The van der Waals surface area contributed by atoms with E-state index in [9.17, 15) is 14.0 Å². The van der Waals surface area contributed by atoms with Crippen LogP contribution in [0.25, 0.3) is 0 Å². The van der Waals surface area contributed by atoms with Crippen LogP contribution in [0.5, 0.6) is 0 Å². The van der Waals surface area contributed by atoms with Crippen molar-refractivity contribution in [3.8, 4) is 0 Å². The molecule has 3 aromatic carbocycles. The number of nitrogens with one attached hydrogen (secondary N) is 1. The van der Waals surface area contributed by atoms with E-state index in [-0.39, 0.29) is 17.4 Å². The van der Waals surface area contributed by atoms with E-state index in [0.717, 1.165) is 5.69 Å². The number of nitrogens with zero attached hydrogens (tertiary/aromatic N) is 2. The average Bonchev–Trinajstić information content (AvgIpc) is 2.80. The number of hydrogen-bond donors (Lipinski definition) is 1. The first-order valence-corrected chi connectivity index (χ1v) is 9.87. The summed E-state index contributed by atoms with van der Waals surface area (Å²) >= 11 is 0. The van der Waals surface area contributed by atoms with Crippen LogP contribution in [0.4, 0.5) is 15.8 Å². The molecule has 1 N–H and O–H groups in total. The third kappa shape index (κ3) is 4.33. The topological polar surface area (TPSA) is 52.7 Å². The average molecular weight is 403 g/mol. The van der Waals surface area contributed by atoms with Crippen molar-refractivity contribution in [3.05, 3.63) is 95.8 Å². The highest BCUT2D eigenvalue weighted by Crippen LogP contribution is 2.27. The molecule has 0 aliphatic carbocycles. The molecule has 1 aliphatic heterocycles. The zero-order valence-electron chi connectivity index (χ0n) is 16.4. The summed E-state index contributed by atoms with van der Waals surface area (Å²) in [6, 6.07) is 22.4. The first kappa shape index (κ1) is 19.6. The summed E-state index contributed by atoms with van der Waals surface area (Å²) < 4.78 is 13.4. The Morgan fingerprint density at radius 2 is 1.43 bits per heavy atom. The number of carbonyl (C=O) groups excluding carboxylic acids is 2. The Morgan fingerprint density at radius 1 is 0.767 bits per heavy atom. The summed E-state index contributed by atoms with van der Waals surface area (Å²) in [6.07, 6.45) is 0. The van der Waals surface area contributed by atoms with Crippen molar-refractivity contribution in [2.24, 2.45) is 0 Å². The number of amides is 2. The number of carbonyl (C=O) groups is 2. The van der Waals surface area contributed by atoms with Gasteiger partial charge in [-0.3, -0.25) is 9.59 Å². The molecule has 3 aromatic rings. The van der Waals surface area contributed by atoms with Crippen LogP contribution in [0, 0.1) is 5.82 Å². The van der Waals surface area contributed by atoms with Gasteiger partial charge in [-0.2, -0.15) is 0 Å². The standard InChI is InChI=1S/C24H22FN3O2/c25-20-10-6-9-19(17-20)23(29)26-21-11-4-5-12-22(21)27-13-15-28(16-14-27)24(30)18-7-2-1-3-8-18/h1-12,17H,13-16H2,(H,26,29). The van der Waals surface area contributed by atoms with Crippen molar-refractivity contribution in [3.63, 3.8) is 0 Å². The Hall–Kier alpha value is -3.67. The van der Waals surface area contributed by atoms with Gasteiger partial charge in [0.05, 0.1) is 11.4 Å². The minimum absolute atomic E-state index is 0.0305. The van der Waals surface area contributed by atoms with Crippen LogP contribution in [0.2, 0.25) is 0 Å². The van der Waals surface area contributed by atoms with Gasteiger partial charge in [-0.15, -0.1) is 0 Å². The molecule has 2 amide bonds. The molecular formula is C24H22FN3O2. The van der Waals surface area contributed by atoms with Crippen LogP contribution >= 0.6 is 0 Å². The molecule has 30 heavy (non-hydrogen) atoms. The molecule has 0 unspecified atom stereocenters. The van der Waals surface area contributed by atoms with E-state index in [1.807, 2.05) is 59.5 Å². The fourth-order valence-electron chi connectivity index (χ4n) is 3.59. The van der Waals surface area contributed by atoms with E-state index in [2.05, 4.69) is 10.2 Å². The van der Waals surface area contributed by atoms with Crippen LogP contribution < -0.4 is 10.2 Å². The maximum absolute atomic E-state index is 13.4. The molecular weight excluding hydrogens is 381 g/mol. The summed E-state index contributed by atoms with van der Waals surface area (Å²) in [4.78, 5) is 29.2. The van der Waals surface area contributed by atoms with E-state index < -0.39 is 5.82 Å². The highest BCUT2D eigenvalue weighted by Gasteiger charge is 2.23. The maximum Gasteiger partial charge on any atom is 0.255 e.